The maximum atomic E-state index is 4.34. The SMILES string of the molecule is Cn1nccc1C1CC2CCC(C1)N2c1cncc(Br)c1. The molecular formula is C16H19BrN4. The first-order valence-electron chi connectivity index (χ1n) is 7.59. The Balaban J connectivity index is 1.61. The molecule has 2 bridgehead atoms. The van der Waals surface area contributed by atoms with Crippen LogP contribution in [0.3, 0.4) is 0 Å². The number of piperidine rings is 1. The molecule has 5 heteroatoms. The molecule has 0 spiro atoms. The standard InChI is InChI=1S/C16H19BrN4/c1-20-16(4-5-19-20)11-6-13-2-3-14(7-11)21(13)15-8-12(17)9-18-10-15/h4-5,8-11,13-14H,2-3,6-7H2,1H3. The van der Waals surface area contributed by atoms with E-state index in [1.807, 2.05) is 23.3 Å². The van der Waals surface area contributed by atoms with Crippen molar-refractivity contribution >= 4 is 21.6 Å². The second-order valence-corrected chi connectivity index (χ2v) is 7.12. The number of aryl methyl sites for hydroxylation is 1. The molecule has 2 saturated heterocycles. The van der Waals surface area contributed by atoms with Crippen molar-refractivity contribution in [2.75, 3.05) is 4.90 Å². The average Bonchev–Trinajstić information content (AvgIpc) is 3.00. The van der Waals surface area contributed by atoms with Gasteiger partial charge in [-0.1, -0.05) is 0 Å². The summed E-state index contributed by atoms with van der Waals surface area (Å²) in [7, 11) is 2.06. The number of anilines is 1. The molecular weight excluding hydrogens is 328 g/mol. The highest BCUT2D eigenvalue weighted by atomic mass is 79.9. The molecule has 110 valence electrons. The van der Waals surface area contributed by atoms with E-state index < -0.39 is 0 Å². The average molecular weight is 347 g/mol. The van der Waals surface area contributed by atoms with Crippen LogP contribution >= 0.6 is 15.9 Å². The third kappa shape index (κ3) is 2.27. The molecule has 4 rings (SSSR count). The van der Waals surface area contributed by atoms with Gasteiger partial charge < -0.3 is 4.90 Å². The van der Waals surface area contributed by atoms with E-state index in [-0.39, 0.29) is 0 Å². The zero-order chi connectivity index (χ0) is 14.4. The lowest BCUT2D eigenvalue weighted by molar-refractivity contribution is 0.400. The van der Waals surface area contributed by atoms with Crippen LogP contribution < -0.4 is 4.90 Å². The molecule has 2 aliphatic heterocycles. The van der Waals surface area contributed by atoms with E-state index in [1.54, 1.807) is 0 Å². The van der Waals surface area contributed by atoms with Crippen molar-refractivity contribution in [1.82, 2.24) is 14.8 Å². The summed E-state index contributed by atoms with van der Waals surface area (Å²) >= 11 is 3.54. The first-order chi connectivity index (χ1) is 10.2. The normalized spacial score (nSPS) is 28.1. The number of hydrogen-bond donors (Lipinski definition) is 0. The number of rotatable bonds is 2. The molecule has 0 radical (unpaired) electrons. The van der Waals surface area contributed by atoms with Crippen molar-refractivity contribution in [3.05, 3.63) is 40.9 Å². The number of fused-ring (bicyclic) bond motifs is 2. The van der Waals surface area contributed by atoms with Gasteiger partial charge in [-0.2, -0.15) is 5.10 Å². The lowest BCUT2D eigenvalue weighted by Crippen LogP contribution is -2.42. The van der Waals surface area contributed by atoms with Gasteiger partial charge in [0.05, 0.1) is 11.9 Å². The van der Waals surface area contributed by atoms with E-state index in [0.29, 0.717) is 18.0 Å². The largest absolute Gasteiger partial charge is 0.364 e. The third-order valence-electron chi connectivity index (χ3n) is 5.00. The van der Waals surface area contributed by atoms with Gasteiger partial charge in [-0.25, -0.2) is 0 Å². The monoisotopic (exact) mass is 346 g/mol. The molecule has 21 heavy (non-hydrogen) atoms. The highest BCUT2D eigenvalue weighted by Gasteiger charge is 2.41. The fourth-order valence-electron chi connectivity index (χ4n) is 4.17. The highest BCUT2D eigenvalue weighted by molar-refractivity contribution is 9.10. The van der Waals surface area contributed by atoms with Crippen LogP contribution in [0.5, 0.6) is 0 Å². The molecule has 2 aromatic rings. The van der Waals surface area contributed by atoms with Crippen LogP contribution in [-0.4, -0.2) is 26.8 Å². The molecule has 0 aromatic carbocycles. The Morgan fingerprint density at radius 3 is 2.57 bits per heavy atom. The molecule has 4 heterocycles. The second-order valence-electron chi connectivity index (χ2n) is 6.20. The maximum absolute atomic E-state index is 4.34. The Kier molecular flexibility index (Phi) is 3.25. The molecule has 0 aliphatic carbocycles. The van der Waals surface area contributed by atoms with E-state index in [2.05, 4.69) is 50.1 Å². The summed E-state index contributed by atoms with van der Waals surface area (Å²) in [6.45, 7) is 0. The van der Waals surface area contributed by atoms with Crippen LogP contribution in [0.2, 0.25) is 0 Å². The Morgan fingerprint density at radius 2 is 1.95 bits per heavy atom. The van der Waals surface area contributed by atoms with Gasteiger partial charge in [0, 0.05) is 47.6 Å². The summed E-state index contributed by atoms with van der Waals surface area (Å²) in [5.74, 6) is 0.645. The highest BCUT2D eigenvalue weighted by Crippen LogP contribution is 2.45. The fourth-order valence-corrected chi connectivity index (χ4v) is 4.52. The van der Waals surface area contributed by atoms with Crippen molar-refractivity contribution in [3.8, 4) is 0 Å². The summed E-state index contributed by atoms with van der Waals surface area (Å²) in [5.41, 5.74) is 2.65. The Labute approximate surface area is 133 Å². The van der Waals surface area contributed by atoms with Crippen LogP contribution in [0.25, 0.3) is 0 Å². The molecule has 0 amide bonds. The number of halogens is 1. The Bertz CT molecular complexity index is 639. The molecule has 2 fully saturated rings. The van der Waals surface area contributed by atoms with E-state index in [0.717, 1.165) is 4.47 Å². The van der Waals surface area contributed by atoms with Crippen LogP contribution in [0.4, 0.5) is 5.69 Å². The second kappa shape index (κ2) is 5.13. The van der Waals surface area contributed by atoms with Crippen molar-refractivity contribution in [3.63, 3.8) is 0 Å². The van der Waals surface area contributed by atoms with Gasteiger partial charge >= 0.3 is 0 Å². The number of pyridine rings is 1. The fraction of sp³-hybridized carbons (Fsp3) is 0.500. The van der Waals surface area contributed by atoms with Gasteiger partial charge in [0.1, 0.15) is 0 Å². The van der Waals surface area contributed by atoms with E-state index >= 15 is 0 Å². The quantitative estimate of drug-likeness (QED) is 0.834. The van der Waals surface area contributed by atoms with Gasteiger partial charge in [0.25, 0.3) is 0 Å². The molecule has 2 aromatic heterocycles. The van der Waals surface area contributed by atoms with Crippen LogP contribution in [0.1, 0.15) is 37.3 Å². The smallest absolute Gasteiger partial charge is 0.0569 e. The minimum Gasteiger partial charge on any atom is -0.364 e. The van der Waals surface area contributed by atoms with Gasteiger partial charge in [-0.3, -0.25) is 9.67 Å². The predicted molar refractivity (Wildman–Crippen MR) is 86.4 cm³/mol. The van der Waals surface area contributed by atoms with Crippen molar-refractivity contribution in [1.29, 1.82) is 0 Å². The molecule has 0 N–H and O–H groups in total. The summed E-state index contributed by atoms with van der Waals surface area (Å²) in [4.78, 5) is 6.94. The third-order valence-corrected chi connectivity index (χ3v) is 5.43. The predicted octanol–water partition coefficient (Wildman–Crippen LogP) is 3.49. The lowest BCUT2D eigenvalue weighted by atomic mass is 9.88. The summed E-state index contributed by atoms with van der Waals surface area (Å²) in [6, 6.07) is 5.66. The lowest BCUT2D eigenvalue weighted by Gasteiger charge is -2.40. The first kappa shape index (κ1) is 13.3. The first-order valence-corrected chi connectivity index (χ1v) is 8.38. The number of aromatic nitrogens is 3. The molecule has 2 aliphatic rings. The van der Waals surface area contributed by atoms with E-state index in [1.165, 1.54) is 37.1 Å². The van der Waals surface area contributed by atoms with Gasteiger partial charge in [-0.05, 0) is 53.7 Å². The number of nitrogens with zero attached hydrogens (tertiary/aromatic N) is 4. The van der Waals surface area contributed by atoms with Crippen LogP contribution in [0.15, 0.2) is 35.2 Å². The van der Waals surface area contributed by atoms with Gasteiger partial charge in [-0.15, -0.1) is 0 Å². The summed E-state index contributed by atoms with van der Waals surface area (Å²) in [5, 5.41) is 4.34. The van der Waals surface area contributed by atoms with Crippen LogP contribution in [0, 0.1) is 0 Å². The summed E-state index contributed by atoms with van der Waals surface area (Å²) in [6.07, 6.45) is 10.8. The Morgan fingerprint density at radius 1 is 1.19 bits per heavy atom. The topological polar surface area (TPSA) is 34.0 Å². The molecule has 2 unspecified atom stereocenters. The van der Waals surface area contributed by atoms with Gasteiger partial charge in [0.2, 0.25) is 0 Å². The minimum absolute atomic E-state index is 0.639. The van der Waals surface area contributed by atoms with Crippen molar-refractivity contribution in [2.45, 2.75) is 43.7 Å². The molecule has 0 saturated carbocycles. The van der Waals surface area contributed by atoms with Crippen LogP contribution in [-0.2, 0) is 7.05 Å². The molecule has 4 nitrogen and oxygen atoms in total. The maximum Gasteiger partial charge on any atom is 0.0569 e. The van der Waals surface area contributed by atoms with E-state index in [4.69, 9.17) is 0 Å². The minimum atomic E-state index is 0.639. The summed E-state index contributed by atoms with van der Waals surface area (Å²) < 4.78 is 3.11. The van der Waals surface area contributed by atoms with Gasteiger partial charge in [0.15, 0.2) is 0 Å². The molecule has 2 atom stereocenters. The van der Waals surface area contributed by atoms with Crippen molar-refractivity contribution < 1.29 is 0 Å². The van der Waals surface area contributed by atoms with Crippen molar-refractivity contribution in [2.24, 2.45) is 7.05 Å². The Hall–Kier alpha value is -1.36. The zero-order valence-corrected chi connectivity index (χ0v) is 13.7. The number of hydrogen-bond acceptors (Lipinski definition) is 3. The van der Waals surface area contributed by atoms with E-state index in [9.17, 15) is 0 Å². The zero-order valence-electron chi connectivity index (χ0n) is 12.1.